The molecule has 5 heteroatoms. The quantitative estimate of drug-likeness (QED) is 0.780. The average Bonchev–Trinajstić information content (AvgIpc) is 2.65. The second-order valence-electron chi connectivity index (χ2n) is 7.57. The van der Waals surface area contributed by atoms with Crippen LogP contribution in [0.4, 0.5) is 0 Å². The summed E-state index contributed by atoms with van der Waals surface area (Å²) in [4.78, 5) is 25.4. The van der Waals surface area contributed by atoms with E-state index in [0.29, 0.717) is 12.5 Å². The zero-order valence-electron chi connectivity index (χ0n) is 12.3. The smallest absolute Gasteiger partial charge is 0.326 e. The highest BCUT2D eigenvalue weighted by Crippen LogP contribution is 2.64. The van der Waals surface area contributed by atoms with Crippen molar-refractivity contribution < 1.29 is 14.7 Å². The number of carbonyl (C=O) groups is 2. The molecule has 1 aliphatic heterocycles. The molecule has 5 nitrogen and oxygen atoms in total. The van der Waals surface area contributed by atoms with Gasteiger partial charge in [0.2, 0.25) is 5.91 Å². The van der Waals surface area contributed by atoms with Crippen molar-refractivity contribution in [2.45, 2.75) is 46.7 Å². The Morgan fingerprint density at radius 2 is 1.89 bits per heavy atom. The number of nitrogens with two attached hydrogens (primary N) is 1. The Labute approximate surface area is 114 Å². The molecular formula is C14H24N2O3. The lowest BCUT2D eigenvalue weighted by Gasteiger charge is -2.34. The highest BCUT2D eigenvalue weighted by atomic mass is 16.4. The number of hydrogen-bond acceptors (Lipinski definition) is 3. The van der Waals surface area contributed by atoms with Gasteiger partial charge in [-0.05, 0) is 16.7 Å². The Morgan fingerprint density at radius 3 is 2.32 bits per heavy atom. The molecule has 0 spiro atoms. The van der Waals surface area contributed by atoms with Gasteiger partial charge in [-0.3, -0.25) is 4.79 Å². The van der Waals surface area contributed by atoms with Gasteiger partial charge in [-0.25, -0.2) is 4.79 Å². The monoisotopic (exact) mass is 268 g/mol. The summed E-state index contributed by atoms with van der Waals surface area (Å²) in [6.07, 6.45) is 0. The average molecular weight is 268 g/mol. The molecule has 0 radical (unpaired) electrons. The number of nitrogens with zero attached hydrogens (tertiary/aromatic N) is 1. The summed E-state index contributed by atoms with van der Waals surface area (Å²) in [7, 11) is 0. The van der Waals surface area contributed by atoms with Gasteiger partial charge in [-0.15, -0.1) is 0 Å². The number of carboxylic acid groups (broad SMARTS) is 1. The molecule has 0 aromatic carbocycles. The fraction of sp³-hybridized carbons (Fsp3) is 0.857. The van der Waals surface area contributed by atoms with E-state index in [9.17, 15) is 14.7 Å². The van der Waals surface area contributed by atoms with Gasteiger partial charge >= 0.3 is 5.97 Å². The van der Waals surface area contributed by atoms with E-state index in [0.717, 1.165) is 0 Å². The van der Waals surface area contributed by atoms with Crippen LogP contribution >= 0.6 is 0 Å². The predicted molar refractivity (Wildman–Crippen MR) is 71.3 cm³/mol. The van der Waals surface area contributed by atoms with Crippen molar-refractivity contribution in [2.24, 2.45) is 28.4 Å². The zero-order valence-corrected chi connectivity index (χ0v) is 12.3. The number of likely N-dealkylation sites (tertiary alicyclic amines) is 1. The lowest BCUT2D eigenvalue weighted by Crippen LogP contribution is -2.55. The molecule has 19 heavy (non-hydrogen) atoms. The maximum Gasteiger partial charge on any atom is 0.326 e. The van der Waals surface area contributed by atoms with E-state index < -0.39 is 18.1 Å². The van der Waals surface area contributed by atoms with Crippen LogP contribution in [-0.4, -0.2) is 40.5 Å². The first-order valence-corrected chi connectivity index (χ1v) is 6.78. The minimum Gasteiger partial charge on any atom is -0.480 e. The van der Waals surface area contributed by atoms with Gasteiger partial charge in [-0.1, -0.05) is 34.6 Å². The van der Waals surface area contributed by atoms with E-state index in [-0.39, 0.29) is 22.7 Å². The molecule has 1 unspecified atom stereocenters. The van der Waals surface area contributed by atoms with E-state index in [2.05, 4.69) is 13.8 Å². The normalized spacial score (nSPS) is 33.8. The van der Waals surface area contributed by atoms with E-state index in [1.165, 1.54) is 4.90 Å². The number of hydrogen-bond donors (Lipinski definition) is 2. The fourth-order valence-corrected chi connectivity index (χ4v) is 3.34. The van der Waals surface area contributed by atoms with Crippen LogP contribution in [0.15, 0.2) is 0 Å². The molecule has 4 atom stereocenters. The predicted octanol–water partition coefficient (Wildman–Crippen LogP) is 0.927. The van der Waals surface area contributed by atoms with Gasteiger partial charge in [0.1, 0.15) is 6.04 Å². The molecular weight excluding hydrogens is 244 g/mol. The Hall–Kier alpha value is -1.10. The largest absolute Gasteiger partial charge is 0.480 e. The van der Waals surface area contributed by atoms with Crippen molar-refractivity contribution in [3.63, 3.8) is 0 Å². The van der Waals surface area contributed by atoms with E-state index >= 15 is 0 Å². The molecule has 3 N–H and O–H groups in total. The third-order valence-electron chi connectivity index (χ3n) is 4.94. The fourth-order valence-electron chi connectivity index (χ4n) is 3.34. The van der Waals surface area contributed by atoms with E-state index in [4.69, 9.17) is 5.73 Å². The zero-order chi connectivity index (χ0) is 14.7. The van der Waals surface area contributed by atoms with Crippen LogP contribution in [0.5, 0.6) is 0 Å². The minimum atomic E-state index is -0.910. The Balaban J connectivity index is 2.19. The van der Waals surface area contributed by atoms with Crippen LogP contribution < -0.4 is 5.73 Å². The second-order valence-corrected chi connectivity index (χ2v) is 7.57. The maximum atomic E-state index is 12.4. The first-order chi connectivity index (χ1) is 8.49. The number of rotatable bonds is 2. The summed E-state index contributed by atoms with van der Waals surface area (Å²) in [6.45, 7) is 10.4. The van der Waals surface area contributed by atoms with Crippen LogP contribution in [-0.2, 0) is 9.59 Å². The third-order valence-corrected chi connectivity index (χ3v) is 4.94. The molecule has 1 amide bonds. The van der Waals surface area contributed by atoms with Gasteiger partial charge in [-0.2, -0.15) is 0 Å². The summed E-state index contributed by atoms with van der Waals surface area (Å²) in [6, 6.07) is -1.36. The van der Waals surface area contributed by atoms with Gasteiger partial charge in [0.15, 0.2) is 0 Å². The van der Waals surface area contributed by atoms with Crippen LogP contribution in [0, 0.1) is 22.7 Å². The van der Waals surface area contributed by atoms with Crippen molar-refractivity contribution in [3.8, 4) is 0 Å². The van der Waals surface area contributed by atoms with Crippen molar-refractivity contribution in [1.82, 2.24) is 4.90 Å². The van der Waals surface area contributed by atoms with Crippen LogP contribution in [0.1, 0.15) is 34.6 Å². The maximum absolute atomic E-state index is 12.4. The van der Waals surface area contributed by atoms with Crippen LogP contribution in [0.25, 0.3) is 0 Å². The molecule has 1 aliphatic carbocycles. The summed E-state index contributed by atoms with van der Waals surface area (Å²) in [5, 5.41) is 9.41. The molecule has 1 saturated carbocycles. The molecule has 2 rings (SSSR count). The second kappa shape index (κ2) is 3.95. The number of piperidine rings is 1. The minimum absolute atomic E-state index is 0.0334. The first kappa shape index (κ1) is 14.3. The molecule has 2 fully saturated rings. The third kappa shape index (κ3) is 2.04. The van der Waals surface area contributed by atoms with E-state index in [1.54, 1.807) is 0 Å². The summed E-state index contributed by atoms with van der Waals surface area (Å²) < 4.78 is 0. The number of carboxylic acids is 1. The molecule has 1 saturated heterocycles. The Kier molecular flexibility index (Phi) is 2.97. The first-order valence-electron chi connectivity index (χ1n) is 6.78. The lowest BCUT2D eigenvalue weighted by molar-refractivity contribution is -0.151. The summed E-state index contributed by atoms with van der Waals surface area (Å²) in [5.41, 5.74) is 5.65. The molecule has 108 valence electrons. The Morgan fingerprint density at radius 1 is 1.37 bits per heavy atom. The summed E-state index contributed by atoms with van der Waals surface area (Å²) in [5.74, 6) is -0.777. The molecule has 1 heterocycles. The van der Waals surface area contributed by atoms with Gasteiger partial charge < -0.3 is 15.7 Å². The number of amides is 1. The molecule has 0 bridgehead atoms. The van der Waals surface area contributed by atoms with Gasteiger partial charge in [0.05, 0.1) is 6.04 Å². The van der Waals surface area contributed by atoms with Crippen molar-refractivity contribution in [2.75, 3.05) is 6.54 Å². The topological polar surface area (TPSA) is 83.6 Å². The van der Waals surface area contributed by atoms with Gasteiger partial charge in [0, 0.05) is 12.5 Å². The lowest BCUT2D eigenvalue weighted by atomic mass is 9.86. The number of fused-ring (bicyclic) bond motifs is 1. The highest BCUT2D eigenvalue weighted by Gasteiger charge is 2.69. The van der Waals surface area contributed by atoms with Crippen molar-refractivity contribution in [3.05, 3.63) is 0 Å². The van der Waals surface area contributed by atoms with Gasteiger partial charge in [0.25, 0.3) is 0 Å². The Bertz CT molecular complexity index is 425. The summed E-state index contributed by atoms with van der Waals surface area (Å²) >= 11 is 0. The SMILES string of the molecule is CC(C)(C)C(N)C(=O)N1C[C@H]2[C@@H]([C@H]1C(=O)O)C2(C)C. The standard InChI is InChI=1S/C14H24N2O3/c1-13(2,3)10(15)11(17)16-6-7-8(14(7,4)5)9(16)12(18)19/h7-10H,6,15H2,1-5H3,(H,18,19)/t7-,8-,9-,10?/m0/s1. The van der Waals surface area contributed by atoms with Crippen molar-refractivity contribution in [1.29, 1.82) is 0 Å². The molecule has 0 aromatic rings. The van der Waals surface area contributed by atoms with E-state index in [1.807, 2.05) is 20.8 Å². The van der Waals surface area contributed by atoms with Crippen molar-refractivity contribution >= 4 is 11.9 Å². The number of carbonyl (C=O) groups excluding carboxylic acids is 1. The van der Waals surface area contributed by atoms with Crippen LogP contribution in [0.2, 0.25) is 0 Å². The van der Waals surface area contributed by atoms with Crippen LogP contribution in [0.3, 0.4) is 0 Å². The molecule has 0 aromatic heterocycles. The number of aliphatic carboxylic acids is 1. The molecule has 2 aliphatic rings. The highest BCUT2D eigenvalue weighted by molar-refractivity contribution is 5.89.